The van der Waals surface area contributed by atoms with Crippen molar-refractivity contribution in [1.29, 1.82) is 5.26 Å². The number of carbonyl (C=O) groups excluding carboxylic acids is 1. The van der Waals surface area contributed by atoms with E-state index in [4.69, 9.17) is 37.0 Å². The monoisotopic (exact) mass is 681 g/mol. The number of hydrogen-bond donors (Lipinski definition) is 1. The molecule has 8 rings (SSSR count). The molecule has 0 unspecified atom stereocenters. The molecular weight excluding hydrogens is 645 g/mol. The summed E-state index contributed by atoms with van der Waals surface area (Å²) in [5, 5.41) is 15.3. The van der Waals surface area contributed by atoms with Crippen molar-refractivity contribution in [3.8, 4) is 12.1 Å². The molecule has 16 heteroatoms. The summed E-state index contributed by atoms with van der Waals surface area (Å²) >= 11 is 8.29. The van der Waals surface area contributed by atoms with Gasteiger partial charge in [-0.05, 0) is 44.2 Å². The van der Waals surface area contributed by atoms with Crippen molar-refractivity contribution in [3.05, 3.63) is 32.4 Å². The third-order valence-electron chi connectivity index (χ3n) is 10.6. The largest absolute Gasteiger partial charge is 0.461 e. The maximum Gasteiger partial charge on any atom is 0.323 e. The van der Waals surface area contributed by atoms with Crippen molar-refractivity contribution >= 4 is 45.7 Å². The van der Waals surface area contributed by atoms with E-state index in [1.54, 1.807) is 18.8 Å². The number of hydrogen-bond acceptors (Lipinski definition) is 12. The highest BCUT2D eigenvalue weighted by molar-refractivity contribution is 7.16. The predicted molar refractivity (Wildman–Crippen MR) is 175 cm³/mol. The fourth-order valence-corrected chi connectivity index (χ4v) is 9.71. The molecule has 3 aromatic rings. The number of nitriles is 1. The Balaban J connectivity index is 1.11. The van der Waals surface area contributed by atoms with Crippen molar-refractivity contribution in [1.82, 2.24) is 34.5 Å². The van der Waals surface area contributed by atoms with Crippen LogP contribution >= 0.6 is 22.9 Å². The average Bonchev–Trinajstić information content (AvgIpc) is 3.78. The maximum atomic E-state index is 14.5. The molecule has 248 valence electrons. The van der Waals surface area contributed by atoms with Gasteiger partial charge >= 0.3 is 6.01 Å². The van der Waals surface area contributed by atoms with Crippen LogP contribution in [0.5, 0.6) is 6.01 Å². The Morgan fingerprint density at radius 3 is 2.72 bits per heavy atom. The van der Waals surface area contributed by atoms with Crippen LogP contribution in [0.25, 0.3) is 0 Å². The van der Waals surface area contributed by atoms with E-state index in [1.807, 2.05) is 4.90 Å². The molecule has 0 saturated carbocycles. The minimum Gasteiger partial charge on any atom is -0.461 e. The number of aryl methyl sites for hydroxylation is 2. The summed E-state index contributed by atoms with van der Waals surface area (Å²) in [4.78, 5) is 36.3. The molecule has 47 heavy (non-hydrogen) atoms. The summed E-state index contributed by atoms with van der Waals surface area (Å²) in [6.07, 6.45) is 4.07. The van der Waals surface area contributed by atoms with Crippen LogP contribution in [0.4, 0.5) is 21.3 Å². The third-order valence-corrected chi connectivity index (χ3v) is 12.1. The van der Waals surface area contributed by atoms with Gasteiger partial charge in [0.2, 0.25) is 11.9 Å². The van der Waals surface area contributed by atoms with Gasteiger partial charge in [-0.25, -0.2) is 4.39 Å². The number of fused-ring (bicyclic) bond motifs is 4. The maximum absolute atomic E-state index is 14.5. The van der Waals surface area contributed by atoms with Gasteiger partial charge in [0.1, 0.15) is 23.8 Å². The second-order valence-electron chi connectivity index (χ2n) is 13.8. The van der Waals surface area contributed by atoms with E-state index in [9.17, 15) is 14.4 Å². The number of nitrogen functional groups attached to an aromatic ring is 1. The molecule has 0 aromatic carbocycles. The Bertz CT molecular complexity index is 1800. The van der Waals surface area contributed by atoms with Gasteiger partial charge < -0.3 is 25.2 Å². The summed E-state index contributed by atoms with van der Waals surface area (Å²) in [5.74, 6) is 0.683. The van der Waals surface area contributed by atoms with Gasteiger partial charge in [-0.1, -0.05) is 11.6 Å². The van der Waals surface area contributed by atoms with Gasteiger partial charge in [0.25, 0.3) is 5.91 Å². The Labute approximate surface area is 281 Å². The minimum absolute atomic E-state index is 0.163. The number of nitrogens with zero attached hydrogens (tertiary/aromatic N) is 10. The second kappa shape index (κ2) is 11.2. The lowest BCUT2D eigenvalue weighted by molar-refractivity contribution is 0.0821. The summed E-state index contributed by atoms with van der Waals surface area (Å²) in [7, 11) is 3.35. The molecule has 3 fully saturated rings. The SMILES string of the molecule is CN(C)C(=O)c1nn2c(c1Cl)CN(c1nc(OC[C@@]34CCCN3C[C@H](F)C4)nc(N3CC4(CCc5sc(N)c(C#N)c54)C3)n1)CCC2. The first-order valence-electron chi connectivity index (χ1n) is 16.2. The summed E-state index contributed by atoms with van der Waals surface area (Å²) < 4.78 is 22.7. The first-order valence-corrected chi connectivity index (χ1v) is 17.4. The van der Waals surface area contributed by atoms with Gasteiger partial charge in [-0.15, -0.1) is 11.3 Å². The zero-order valence-electron chi connectivity index (χ0n) is 26.5. The smallest absolute Gasteiger partial charge is 0.323 e. The number of halogens is 2. The molecule has 4 aliphatic heterocycles. The number of anilines is 3. The predicted octanol–water partition coefficient (Wildman–Crippen LogP) is 3.01. The molecule has 2 atom stereocenters. The molecule has 13 nitrogen and oxygen atoms in total. The van der Waals surface area contributed by atoms with Crippen LogP contribution < -0.4 is 20.3 Å². The normalized spacial score (nSPS) is 24.4. The van der Waals surface area contributed by atoms with E-state index >= 15 is 0 Å². The summed E-state index contributed by atoms with van der Waals surface area (Å²) in [6.45, 7) is 4.50. The van der Waals surface area contributed by atoms with E-state index in [-0.39, 0.29) is 28.6 Å². The number of nitrogens with two attached hydrogens (primary N) is 1. The number of carbonyl (C=O) groups is 1. The van der Waals surface area contributed by atoms with Gasteiger partial charge in [0.15, 0.2) is 5.69 Å². The van der Waals surface area contributed by atoms with E-state index in [0.29, 0.717) is 79.8 Å². The van der Waals surface area contributed by atoms with Crippen molar-refractivity contribution in [2.75, 3.05) is 69.0 Å². The Morgan fingerprint density at radius 2 is 1.96 bits per heavy atom. The van der Waals surface area contributed by atoms with Crippen molar-refractivity contribution in [3.63, 3.8) is 0 Å². The van der Waals surface area contributed by atoms with E-state index in [1.165, 1.54) is 21.1 Å². The quantitative estimate of drug-likeness (QED) is 0.410. The number of rotatable bonds is 6. The minimum atomic E-state index is -0.864. The Morgan fingerprint density at radius 1 is 1.17 bits per heavy atom. The molecular formula is C31H37ClFN11O2S. The number of amides is 1. The van der Waals surface area contributed by atoms with E-state index < -0.39 is 6.17 Å². The summed E-state index contributed by atoms with van der Waals surface area (Å²) in [5.41, 5.74) is 8.35. The molecule has 1 aliphatic carbocycles. The standard InChI is InChI=1S/C31H37ClFN11O2S/c1-40(2)26(45)24-23(32)20-14-41(8-4-10-44(20)39-24)27-36-28(38-29(37-27)46-17-31-6-3-9-43(31)13-18(33)11-31)42-15-30(16-42)7-5-21-22(30)19(12-34)25(35)47-21/h18H,3-11,13-17,35H2,1-2H3/t18-,31+/m1/s1. The van der Waals surface area contributed by atoms with Gasteiger partial charge in [0, 0.05) is 63.5 Å². The molecule has 3 aromatic heterocycles. The van der Waals surface area contributed by atoms with Gasteiger partial charge in [0.05, 0.1) is 28.4 Å². The van der Waals surface area contributed by atoms with Crippen molar-refractivity contribution in [2.45, 2.75) is 68.7 Å². The first-order chi connectivity index (χ1) is 22.6. The lowest BCUT2D eigenvalue weighted by atomic mass is 9.74. The fraction of sp³-hybridized carbons (Fsp3) is 0.613. The van der Waals surface area contributed by atoms with Crippen LogP contribution in [-0.2, 0) is 24.9 Å². The molecule has 2 N–H and O–H groups in total. The molecule has 0 bridgehead atoms. The average molecular weight is 682 g/mol. The van der Waals surface area contributed by atoms with Crippen LogP contribution in [0.1, 0.15) is 64.3 Å². The lowest BCUT2D eigenvalue weighted by Gasteiger charge is -2.48. The topological polar surface area (TPSA) is 146 Å². The molecule has 3 saturated heterocycles. The fourth-order valence-electron chi connectivity index (χ4n) is 8.30. The van der Waals surface area contributed by atoms with Crippen LogP contribution in [0.15, 0.2) is 0 Å². The number of alkyl halides is 1. The Hall–Kier alpha value is -3.74. The zero-order chi connectivity index (χ0) is 32.7. The van der Waals surface area contributed by atoms with E-state index in [2.05, 4.69) is 21.0 Å². The van der Waals surface area contributed by atoms with Gasteiger partial charge in [-0.3, -0.25) is 14.4 Å². The molecule has 0 radical (unpaired) electrons. The van der Waals surface area contributed by atoms with Crippen LogP contribution in [0, 0.1) is 11.3 Å². The van der Waals surface area contributed by atoms with Crippen LogP contribution in [-0.4, -0.2) is 106 Å². The highest BCUT2D eigenvalue weighted by Gasteiger charge is 2.53. The van der Waals surface area contributed by atoms with E-state index in [0.717, 1.165) is 49.9 Å². The number of ether oxygens (including phenoxy) is 1. The number of thiophene rings is 1. The second-order valence-corrected chi connectivity index (χ2v) is 15.3. The number of aromatic nitrogens is 5. The first kappa shape index (κ1) is 30.6. The molecule has 1 spiro atoms. The van der Waals surface area contributed by atoms with Crippen molar-refractivity contribution in [2.24, 2.45) is 0 Å². The van der Waals surface area contributed by atoms with Gasteiger partial charge in [-0.2, -0.15) is 25.3 Å². The van der Waals surface area contributed by atoms with Crippen molar-refractivity contribution < 1.29 is 13.9 Å². The van der Waals surface area contributed by atoms with Crippen LogP contribution in [0.2, 0.25) is 5.02 Å². The van der Waals surface area contributed by atoms with Crippen LogP contribution in [0.3, 0.4) is 0 Å². The molecule has 5 aliphatic rings. The Kier molecular flexibility index (Phi) is 7.27. The lowest BCUT2D eigenvalue weighted by Crippen LogP contribution is -2.59. The molecule has 7 heterocycles. The molecule has 1 amide bonds. The zero-order valence-corrected chi connectivity index (χ0v) is 28.1. The highest BCUT2D eigenvalue weighted by Crippen LogP contribution is 2.52. The summed E-state index contributed by atoms with van der Waals surface area (Å²) in [6, 6.07) is 2.54. The third kappa shape index (κ3) is 4.90. The highest BCUT2D eigenvalue weighted by atomic mass is 35.5.